The number of carbonyl (C=O) groups is 4. The number of rotatable bonds is 18. The van der Waals surface area contributed by atoms with Gasteiger partial charge in [-0.3, -0.25) is 24.1 Å². The molecule has 4 fully saturated rings. The predicted octanol–water partition coefficient (Wildman–Crippen LogP) is 3.59. The molecule has 0 aromatic heterocycles. The molecule has 2 bridgehead atoms. The lowest BCUT2D eigenvalue weighted by Crippen LogP contribution is -2.59. The molecule has 1 N–H and O–H groups in total. The SMILES string of the molecule is C=CCCC(=O)N(C)[C@H](C)[C@H](OC(=O)[C@@H]1[C@H]2O[C@@]3(CC2Br)[C@H](C(=O)N(CC=C)CCN2CCOCC2)N([C@@H](CO)CC(C)C)C(=O)[C@@H]13)c1ccccc1. The van der Waals surface area contributed by atoms with Crippen molar-refractivity contribution in [3.63, 3.8) is 0 Å². The highest BCUT2D eigenvalue weighted by Gasteiger charge is 2.77. The number of carbonyl (C=O) groups excluding carboxylic acids is 4. The average Bonchev–Trinajstić information content (AvgIpc) is 3.76. The Morgan fingerprint density at radius 1 is 1.13 bits per heavy atom. The van der Waals surface area contributed by atoms with Crippen molar-refractivity contribution in [3.8, 4) is 0 Å². The van der Waals surface area contributed by atoms with E-state index in [1.807, 2.05) is 51.1 Å². The zero-order chi connectivity index (χ0) is 38.4. The third kappa shape index (κ3) is 8.44. The minimum absolute atomic E-state index is 0.112. The van der Waals surface area contributed by atoms with E-state index < -0.39 is 53.7 Å². The molecule has 292 valence electrons. The summed E-state index contributed by atoms with van der Waals surface area (Å²) < 4.78 is 18.7. The molecule has 5 rings (SSSR count). The van der Waals surface area contributed by atoms with Gasteiger partial charge in [-0.05, 0) is 37.7 Å². The number of benzene rings is 1. The molecular formula is C40H57BrN4O8. The quantitative estimate of drug-likeness (QED) is 0.135. The van der Waals surface area contributed by atoms with Crippen LogP contribution in [0.4, 0.5) is 0 Å². The zero-order valence-corrected chi connectivity index (χ0v) is 33.2. The Morgan fingerprint density at radius 2 is 1.83 bits per heavy atom. The standard InChI is InChI=1S/C40H57BrN4O8/c1-7-9-15-31(47)42(6)27(5)34(28-13-11-10-12-14-28)52-39(50)32-33-37(48)45(29(25-46)23-26(3)4)36(40(33)24-30(41)35(32)53-40)38(49)44(16-8-2)18-17-43-19-21-51-22-20-43/h7-8,10-14,26-27,29-30,32-36,46H,1-2,9,15-25H2,3-6H3/t27-,29-,30?,32+,33-,34+,35+,36+,40-/m1/s1. The number of hydrogen-bond donors (Lipinski definition) is 1. The summed E-state index contributed by atoms with van der Waals surface area (Å²) in [4.78, 5) is 64.3. The molecule has 4 saturated heterocycles. The van der Waals surface area contributed by atoms with Gasteiger partial charge in [-0.25, -0.2) is 0 Å². The van der Waals surface area contributed by atoms with Gasteiger partial charge in [0.1, 0.15) is 17.7 Å². The van der Waals surface area contributed by atoms with E-state index in [4.69, 9.17) is 14.2 Å². The van der Waals surface area contributed by atoms with Crippen molar-refractivity contribution in [2.24, 2.45) is 17.8 Å². The number of hydrogen-bond acceptors (Lipinski definition) is 9. The molecule has 13 heteroatoms. The van der Waals surface area contributed by atoms with Gasteiger partial charge in [0.25, 0.3) is 0 Å². The number of amides is 3. The Balaban J connectivity index is 1.50. The Labute approximate surface area is 322 Å². The van der Waals surface area contributed by atoms with Crippen molar-refractivity contribution in [3.05, 3.63) is 61.2 Å². The molecule has 0 saturated carbocycles. The number of nitrogens with zero attached hydrogens (tertiary/aromatic N) is 4. The van der Waals surface area contributed by atoms with Crippen LogP contribution in [-0.4, -0.2) is 143 Å². The number of esters is 1. The highest BCUT2D eigenvalue weighted by molar-refractivity contribution is 9.09. The molecule has 1 aromatic carbocycles. The predicted molar refractivity (Wildman–Crippen MR) is 204 cm³/mol. The van der Waals surface area contributed by atoms with Gasteiger partial charge in [-0.1, -0.05) is 72.3 Å². The van der Waals surface area contributed by atoms with Gasteiger partial charge >= 0.3 is 5.97 Å². The van der Waals surface area contributed by atoms with Crippen LogP contribution < -0.4 is 0 Å². The minimum atomic E-state index is -1.33. The van der Waals surface area contributed by atoms with Crippen molar-refractivity contribution < 1.29 is 38.5 Å². The Kier molecular flexibility index (Phi) is 14.0. The fraction of sp³-hybridized carbons (Fsp3) is 0.650. The van der Waals surface area contributed by atoms with E-state index in [0.717, 1.165) is 13.1 Å². The summed E-state index contributed by atoms with van der Waals surface area (Å²) >= 11 is 3.77. The molecule has 4 aliphatic heterocycles. The minimum Gasteiger partial charge on any atom is -0.455 e. The van der Waals surface area contributed by atoms with E-state index in [1.165, 1.54) is 4.90 Å². The van der Waals surface area contributed by atoms with Crippen LogP contribution in [0.3, 0.4) is 0 Å². The maximum Gasteiger partial charge on any atom is 0.313 e. The third-order valence-corrected chi connectivity index (χ3v) is 12.3. The monoisotopic (exact) mass is 800 g/mol. The lowest BCUT2D eigenvalue weighted by Gasteiger charge is -2.40. The van der Waals surface area contributed by atoms with E-state index in [-0.39, 0.29) is 48.0 Å². The second-order valence-corrected chi connectivity index (χ2v) is 16.4. The number of fused-ring (bicyclic) bond motifs is 1. The summed E-state index contributed by atoms with van der Waals surface area (Å²) in [5.74, 6) is -3.34. The van der Waals surface area contributed by atoms with Crippen LogP contribution in [-0.2, 0) is 33.4 Å². The van der Waals surface area contributed by atoms with Crippen LogP contribution in [0.1, 0.15) is 58.1 Å². The fourth-order valence-corrected chi connectivity index (χ4v) is 9.60. The lowest BCUT2D eigenvalue weighted by atomic mass is 9.70. The highest BCUT2D eigenvalue weighted by atomic mass is 79.9. The normalized spacial score (nSPS) is 28.3. The second kappa shape index (κ2) is 18.0. The summed E-state index contributed by atoms with van der Waals surface area (Å²) in [7, 11) is 1.69. The molecule has 0 aliphatic carbocycles. The number of morpholine rings is 1. The van der Waals surface area contributed by atoms with Crippen LogP contribution >= 0.6 is 15.9 Å². The topological polar surface area (TPSA) is 129 Å². The first kappa shape index (κ1) is 41.1. The Hall–Kier alpha value is -3.10. The molecule has 4 aliphatic rings. The van der Waals surface area contributed by atoms with Gasteiger partial charge in [0, 0.05) is 51.0 Å². The summed E-state index contributed by atoms with van der Waals surface area (Å²) in [5, 5.41) is 10.7. The molecular weight excluding hydrogens is 744 g/mol. The Bertz CT molecular complexity index is 1470. The third-order valence-electron chi connectivity index (χ3n) is 11.4. The number of likely N-dealkylation sites (N-methyl/N-ethyl adjacent to an activating group) is 1. The molecule has 0 radical (unpaired) electrons. The maximum atomic E-state index is 14.9. The van der Waals surface area contributed by atoms with E-state index in [1.54, 1.807) is 29.0 Å². The van der Waals surface area contributed by atoms with E-state index in [9.17, 15) is 24.3 Å². The first-order chi connectivity index (χ1) is 25.4. The van der Waals surface area contributed by atoms with Gasteiger partial charge in [0.15, 0.2) is 0 Å². The van der Waals surface area contributed by atoms with Gasteiger partial charge in [0.2, 0.25) is 17.7 Å². The summed E-state index contributed by atoms with van der Waals surface area (Å²) in [6.45, 7) is 17.2. The number of halogens is 1. The van der Waals surface area contributed by atoms with Gasteiger partial charge in [-0.15, -0.1) is 13.2 Å². The molecule has 12 nitrogen and oxygen atoms in total. The van der Waals surface area contributed by atoms with Crippen molar-refractivity contribution in [1.29, 1.82) is 0 Å². The molecule has 4 heterocycles. The first-order valence-electron chi connectivity index (χ1n) is 19.0. The molecule has 3 amide bonds. The van der Waals surface area contributed by atoms with Crippen LogP contribution in [0.2, 0.25) is 0 Å². The van der Waals surface area contributed by atoms with Gasteiger partial charge < -0.3 is 34.0 Å². The van der Waals surface area contributed by atoms with Crippen LogP contribution in [0.5, 0.6) is 0 Å². The largest absolute Gasteiger partial charge is 0.455 e. The van der Waals surface area contributed by atoms with Gasteiger partial charge in [-0.2, -0.15) is 0 Å². The Morgan fingerprint density at radius 3 is 2.45 bits per heavy atom. The van der Waals surface area contributed by atoms with Crippen molar-refractivity contribution in [2.75, 3.05) is 59.6 Å². The number of alkyl halides is 1. The lowest BCUT2D eigenvalue weighted by molar-refractivity contribution is -0.165. The van der Waals surface area contributed by atoms with Crippen LogP contribution in [0.25, 0.3) is 0 Å². The van der Waals surface area contributed by atoms with Gasteiger partial charge in [0.05, 0.1) is 49.8 Å². The smallest absolute Gasteiger partial charge is 0.313 e. The fourth-order valence-electron chi connectivity index (χ4n) is 8.66. The number of aliphatic hydroxyl groups excluding tert-OH is 1. The van der Waals surface area contributed by atoms with Crippen molar-refractivity contribution in [2.45, 2.75) is 87.2 Å². The van der Waals surface area contributed by atoms with Crippen molar-refractivity contribution in [1.82, 2.24) is 19.6 Å². The van der Waals surface area contributed by atoms with Crippen molar-refractivity contribution >= 4 is 39.6 Å². The van der Waals surface area contributed by atoms with Crippen LogP contribution in [0.15, 0.2) is 55.6 Å². The molecule has 53 heavy (non-hydrogen) atoms. The number of allylic oxidation sites excluding steroid dienone is 1. The second-order valence-electron chi connectivity index (χ2n) is 15.2. The van der Waals surface area contributed by atoms with E-state index in [0.29, 0.717) is 51.1 Å². The van der Waals surface area contributed by atoms with Crippen LogP contribution in [0, 0.1) is 17.8 Å². The first-order valence-corrected chi connectivity index (χ1v) is 19.9. The summed E-state index contributed by atoms with van der Waals surface area (Å²) in [6.07, 6.45) is 3.37. The number of ether oxygens (including phenoxy) is 3. The maximum absolute atomic E-state index is 14.9. The van der Waals surface area contributed by atoms with E-state index >= 15 is 0 Å². The zero-order valence-electron chi connectivity index (χ0n) is 31.6. The number of aliphatic hydroxyl groups is 1. The molecule has 1 spiro atoms. The summed E-state index contributed by atoms with van der Waals surface area (Å²) in [6, 6.07) is 6.98. The number of likely N-dealkylation sites (tertiary alicyclic amines) is 1. The summed E-state index contributed by atoms with van der Waals surface area (Å²) in [5.41, 5.74) is -0.624. The molecule has 1 aromatic rings. The highest BCUT2D eigenvalue weighted by Crippen LogP contribution is 2.61. The van der Waals surface area contributed by atoms with E-state index in [2.05, 4.69) is 34.0 Å². The molecule has 9 atom stereocenters. The average molecular weight is 802 g/mol. The molecule has 1 unspecified atom stereocenters.